The van der Waals surface area contributed by atoms with Crippen molar-refractivity contribution in [3.8, 4) is 22.3 Å². The highest BCUT2D eigenvalue weighted by molar-refractivity contribution is 6.12. The second-order valence-corrected chi connectivity index (χ2v) is 12.7. The lowest BCUT2D eigenvalue weighted by atomic mass is 9.81. The molecule has 1 N–H and O–H groups in total. The van der Waals surface area contributed by atoms with Crippen molar-refractivity contribution in [2.75, 3.05) is 0 Å². The highest BCUT2D eigenvalue weighted by Gasteiger charge is 2.42. The minimum Gasteiger partial charge on any atom is -0.545 e. The van der Waals surface area contributed by atoms with Crippen molar-refractivity contribution in [2.24, 2.45) is 0 Å². The third kappa shape index (κ3) is 3.57. The summed E-state index contributed by atoms with van der Waals surface area (Å²) in [6, 6.07) is 53.1. The number of rotatable bonds is 4. The molecule has 1 aromatic heterocycles. The summed E-state index contributed by atoms with van der Waals surface area (Å²) in [4.78, 5) is 0. The van der Waals surface area contributed by atoms with Crippen LogP contribution in [0.5, 0.6) is 0 Å². The van der Waals surface area contributed by atoms with Crippen LogP contribution in [-0.4, -0.2) is 4.68 Å². The predicted molar refractivity (Wildman–Crippen MR) is 181 cm³/mol. The van der Waals surface area contributed by atoms with E-state index >= 15 is 0 Å². The number of aromatic nitrogens is 1. The van der Waals surface area contributed by atoms with Crippen molar-refractivity contribution in [1.29, 1.82) is 0 Å². The molecule has 1 aliphatic carbocycles. The molecule has 2 aliphatic rings. The van der Waals surface area contributed by atoms with E-state index in [1.54, 1.807) is 0 Å². The lowest BCUT2D eigenvalue weighted by molar-refractivity contribution is -1.02. The summed E-state index contributed by atoms with van der Waals surface area (Å²) < 4.78 is 2.61. The zero-order valence-electron chi connectivity index (χ0n) is 24.9. The molecule has 3 heteroatoms. The minimum absolute atomic E-state index is 0.0169. The SMILES string of the molecule is CC1(C)c2ccccc2-c2ccc3c4cc(-c5ccccc5)ccc4n([NH+]4C(c5ccccc5)[N-]C4c4ccccc4)c3c21. The van der Waals surface area contributed by atoms with Crippen molar-refractivity contribution in [3.63, 3.8) is 0 Å². The summed E-state index contributed by atoms with van der Waals surface area (Å²) in [7, 11) is 0. The summed E-state index contributed by atoms with van der Waals surface area (Å²) in [6.07, 6.45) is -0.0338. The van der Waals surface area contributed by atoms with Gasteiger partial charge >= 0.3 is 0 Å². The summed E-state index contributed by atoms with van der Waals surface area (Å²) in [6.45, 7) is 4.79. The van der Waals surface area contributed by atoms with Gasteiger partial charge < -0.3 is 5.32 Å². The van der Waals surface area contributed by atoms with E-state index < -0.39 is 0 Å². The molecule has 1 fully saturated rings. The number of nitrogens with zero attached hydrogens (tertiary/aromatic N) is 2. The van der Waals surface area contributed by atoms with Gasteiger partial charge in [0.1, 0.15) is 11.0 Å². The van der Waals surface area contributed by atoms with Gasteiger partial charge in [-0.2, -0.15) is 4.68 Å². The number of hydrogen-bond donors (Lipinski definition) is 1. The molecular formula is C41H33N3. The quantitative estimate of drug-likeness (QED) is 0.219. The molecule has 44 heavy (non-hydrogen) atoms. The van der Waals surface area contributed by atoms with Crippen LogP contribution in [0.15, 0.2) is 146 Å². The van der Waals surface area contributed by atoms with E-state index in [1.807, 2.05) is 0 Å². The maximum absolute atomic E-state index is 5.39. The number of fused-ring (bicyclic) bond motifs is 7. The van der Waals surface area contributed by atoms with E-state index in [1.165, 1.54) is 71.3 Å². The Balaban J connectivity index is 1.38. The minimum atomic E-state index is -0.147. The number of hydrogen-bond acceptors (Lipinski definition) is 0. The lowest BCUT2D eigenvalue weighted by Gasteiger charge is -2.58. The molecule has 1 saturated heterocycles. The average Bonchev–Trinajstić information content (AvgIpc) is 3.50. The van der Waals surface area contributed by atoms with E-state index in [2.05, 4.69) is 164 Å². The van der Waals surface area contributed by atoms with E-state index in [4.69, 9.17) is 5.32 Å². The Bertz CT molecular complexity index is 2130. The van der Waals surface area contributed by atoms with Crippen LogP contribution in [0.25, 0.3) is 49.4 Å². The Morgan fingerprint density at radius 2 is 1.18 bits per heavy atom. The van der Waals surface area contributed by atoms with Gasteiger partial charge in [0.05, 0.1) is 12.3 Å². The van der Waals surface area contributed by atoms with Gasteiger partial charge in [-0.1, -0.05) is 147 Å². The van der Waals surface area contributed by atoms with Crippen molar-refractivity contribution >= 4 is 21.8 Å². The Kier molecular flexibility index (Phi) is 5.52. The van der Waals surface area contributed by atoms with Gasteiger partial charge in [0, 0.05) is 16.2 Å². The van der Waals surface area contributed by atoms with Crippen LogP contribution in [0.3, 0.4) is 0 Å². The first-order valence-electron chi connectivity index (χ1n) is 15.6. The van der Waals surface area contributed by atoms with E-state index in [0.717, 1.165) is 0 Å². The molecule has 0 bridgehead atoms. The van der Waals surface area contributed by atoms with Crippen molar-refractivity contribution in [3.05, 3.63) is 173 Å². The number of nitrogens with one attached hydrogen (secondary N) is 1. The van der Waals surface area contributed by atoms with Crippen LogP contribution in [0.4, 0.5) is 0 Å². The molecule has 0 spiro atoms. The van der Waals surface area contributed by atoms with Gasteiger partial charge in [-0.3, -0.25) is 0 Å². The number of benzene rings is 6. The molecule has 2 heterocycles. The lowest BCUT2D eigenvalue weighted by Crippen LogP contribution is -3.19. The molecule has 6 aromatic carbocycles. The highest BCUT2D eigenvalue weighted by atomic mass is 15.7. The van der Waals surface area contributed by atoms with Gasteiger partial charge in [0.25, 0.3) is 0 Å². The monoisotopic (exact) mass is 567 g/mol. The van der Waals surface area contributed by atoms with Crippen LogP contribution in [0.1, 0.15) is 48.4 Å². The standard InChI is InChI=1S/C41H32N3/c1-41(2)35-21-13-12-20-31(35)32-23-24-33-34-26-30(27-14-6-3-7-15-27)22-25-36(34)43(38(33)37(32)41)44-39(28-16-8-4-9-17-28)42-40(44)29-18-10-5-11-19-29/h3-26,39-40H,1-2H3/q-1/p+1. The van der Waals surface area contributed by atoms with Crippen LogP contribution in [0, 0.1) is 0 Å². The molecule has 0 amide bonds. The normalized spacial score (nSPS) is 19.9. The van der Waals surface area contributed by atoms with E-state index in [0.29, 0.717) is 0 Å². The molecule has 9 rings (SSSR count). The van der Waals surface area contributed by atoms with Gasteiger partial charge in [-0.05, 0) is 56.6 Å². The van der Waals surface area contributed by atoms with Crippen molar-refractivity contribution < 1.29 is 5.01 Å². The summed E-state index contributed by atoms with van der Waals surface area (Å²) in [5, 5.41) is 9.31. The zero-order chi connectivity index (χ0) is 29.4. The largest absolute Gasteiger partial charge is 0.545 e. The predicted octanol–water partition coefficient (Wildman–Crippen LogP) is 9.20. The van der Waals surface area contributed by atoms with E-state index in [-0.39, 0.29) is 17.7 Å². The smallest absolute Gasteiger partial charge is 0.107 e. The van der Waals surface area contributed by atoms with Crippen molar-refractivity contribution in [1.82, 2.24) is 4.68 Å². The molecule has 2 atom stereocenters. The molecule has 3 nitrogen and oxygen atoms in total. The van der Waals surface area contributed by atoms with Crippen molar-refractivity contribution in [2.45, 2.75) is 31.6 Å². The molecule has 7 aromatic rings. The third-order valence-electron chi connectivity index (χ3n) is 9.90. The second-order valence-electron chi connectivity index (χ2n) is 12.7. The van der Waals surface area contributed by atoms with Gasteiger partial charge in [0.15, 0.2) is 0 Å². The van der Waals surface area contributed by atoms with Crippen LogP contribution in [-0.2, 0) is 5.41 Å². The Labute approximate surface area is 258 Å². The van der Waals surface area contributed by atoms with Crippen LogP contribution >= 0.6 is 0 Å². The molecule has 212 valence electrons. The van der Waals surface area contributed by atoms with Crippen LogP contribution < -0.4 is 5.01 Å². The fraction of sp³-hybridized carbons (Fsp3) is 0.122. The summed E-state index contributed by atoms with van der Waals surface area (Å²) in [5.41, 5.74) is 12.9. The third-order valence-corrected chi connectivity index (χ3v) is 9.90. The van der Waals surface area contributed by atoms with Crippen LogP contribution in [0.2, 0.25) is 0 Å². The second kappa shape index (κ2) is 9.52. The first-order chi connectivity index (χ1) is 21.6. The topological polar surface area (TPSA) is 23.5 Å². The fourth-order valence-corrected chi connectivity index (χ4v) is 7.84. The summed E-state index contributed by atoms with van der Waals surface area (Å²) in [5.74, 6) is 0. The molecule has 0 saturated carbocycles. The maximum Gasteiger partial charge on any atom is 0.107 e. The molecule has 0 radical (unpaired) electrons. The number of quaternary nitrogens is 1. The Morgan fingerprint density at radius 1 is 0.568 bits per heavy atom. The molecule has 2 unspecified atom stereocenters. The van der Waals surface area contributed by atoms with Gasteiger partial charge in [-0.25, -0.2) is 5.01 Å². The van der Waals surface area contributed by atoms with Gasteiger partial charge in [0.2, 0.25) is 0 Å². The average molecular weight is 568 g/mol. The molecular weight excluding hydrogens is 534 g/mol. The zero-order valence-corrected chi connectivity index (χ0v) is 24.9. The Hall–Kier alpha value is -4.96. The first-order valence-corrected chi connectivity index (χ1v) is 15.6. The van der Waals surface area contributed by atoms with E-state index in [9.17, 15) is 0 Å². The first kappa shape index (κ1) is 25.5. The maximum atomic E-state index is 5.39. The fourth-order valence-electron chi connectivity index (χ4n) is 7.84. The molecule has 1 aliphatic heterocycles. The Morgan fingerprint density at radius 3 is 1.86 bits per heavy atom. The van der Waals surface area contributed by atoms with Gasteiger partial charge in [-0.15, -0.1) is 0 Å². The summed E-state index contributed by atoms with van der Waals surface area (Å²) >= 11 is 0. The highest BCUT2D eigenvalue weighted by Crippen LogP contribution is 2.52.